The van der Waals surface area contributed by atoms with Crippen molar-refractivity contribution < 1.29 is 23.8 Å². The van der Waals surface area contributed by atoms with E-state index in [0.29, 0.717) is 6.29 Å². The van der Waals surface area contributed by atoms with Crippen LogP contribution in [0.5, 0.6) is 11.5 Å². The van der Waals surface area contributed by atoms with Gasteiger partial charge in [-0.1, -0.05) is 0 Å². The average Bonchev–Trinajstić information content (AvgIpc) is 2.11. The van der Waals surface area contributed by atoms with E-state index < -0.39 is 22.8 Å². The van der Waals surface area contributed by atoms with Crippen LogP contribution in [0.4, 0.5) is 5.69 Å². The molecule has 0 bridgehead atoms. The Hall–Kier alpha value is -1.60. The van der Waals surface area contributed by atoms with Gasteiger partial charge >= 0.3 is 0 Å². The zero-order valence-electron chi connectivity index (χ0n) is 6.80. The summed E-state index contributed by atoms with van der Waals surface area (Å²) in [5, 5.41) is 18.3. The molecule has 0 fully saturated rings. The monoisotopic (exact) mass is 217 g/mol. The van der Waals surface area contributed by atoms with Crippen molar-refractivity contribution in [1.29, 1.82) is 0 Å². The van der Waals surface area contributed by atoms with Gasteiger partial charge < -0.3 is 10.2 Å². The molecule has 0 heterocycles. The van der Waals surface area contributed by atoms with Gasteiger partial charge in [0.1, 0.15) is 6.29 Å². The molecule has 1 aromatic carbocycles. The van der Waals surface area contributed by atoms with Gasteiger partial charge in [-0.3, -0.25) is 14.1 Å². The summed E-state index contributed by atoms with van der Waals surface area (Å²) in [5.74, 6) is -1.12. The van der Waals surface area contributed by atoms with Crippen molar-refractivity contribution in [2.24, 2.45) is 0 Å². The van der Waals surface area contributed by atoms with Gasteiger partial charge in [0.2, 0.25) is 0 Å². The molecule has 0 aliphatic heterocycles. The van der Waals surface area contributed by atoms with Crippen LogP contribution in [-0.4, -0.2) is 25.3 Å². The first kappa shape index (κ1) is 10.5. The highest BCUT2D eigenvalue weighted by Gasteiger charge is 2.10. The van der Waals surface area contributed by atoms with E-state index in [4.69, 9.17) is 9.66 Å². The van der Waals surface area contributed by atoms with Crippen molar-refractivity contribution >= 4 is 23.2 Å². The van der Waals surface area contributed by atoms with Crippen LogP contribution in [0.25, 0.3) is 0 Å². The van der Waals surface area contributed by atoms with E-state index in [-0.39, 0.29) is 11.3 Å². The van der Waals surface area contributed by atoms with Gasteiger partial charge in [0.15, 0.2) is 11.5 Å². The number of phenols is 2. The lowest BCUT2D eigenvalue weighted by atomic mass is 10.2. The largest absolute Gasteiger partial charge is 0.504 e. The fraction of sp³-hybridized carbons (Fsp3) is 0. The van der Waals surface area contributed by atoms with Crippen molar-refractivity contribution in [3.05, 3.63) is 17.7 Å². The second-order valence-corrected chi connectivity index (χ2v) is 3.11. The average molecular weight is 217 g/mol. The van der Waals surface area contributed by atoms with E-state index in [0.717, 1.165) is 12.1 Å². The molecule has 1 atom stereocenters. The number of aromatic hydroxyl groups is 2. The molecule has 0 radical (unpaired) electrons. The molecule has 1 unspecified atom stereocenters. The lowest BCUT2D eigenvalue weighted by Gasteiger charge is -2.06. The number of anilines is 1. The zero-order valence-corrected chi connectivity index (χ0v) is 7.61. The molecule has 1 rings (SSSR count). The van der Waals surface area contributed by atoms with Gasteiger partial charge in [-0.2, -0.15) is 0 Å². The molecule has 0 aromatic heterocycles. The minimum absolute atomic E-state index is 0.0771. The molecule has 0 aliphatic rings. The van der Waals surface area contributed by atoms with E-state index >= 15 is 0 Å². The predicted octanol–water partition coefficient (Wildman–Crippen LogP) is 0.459. The first-order valence-corrected chi connectivity index (χ1v) is 4.54. The van der Waals surface area contributed by atoms with Crippen LogP contribution in [0, 0.1) is 0 Å². The quantitative estimate of drug-likeness (QED) is 0.334. The van der Waals surface area contributed by atoms with Gasteiger partial charge in [0.25, 0.3) is 11.3 Å². The van der Waals surface area contributed by atoms with E-state index in [1.807, 2.05) is 4.72 Å². The number of hydrogen-bond acceptors (Lipinski definition) is 4. The molecule has 6 nitrogen and oxygen atoms in total. The van der Waals surface area contributed by atoms with Crippen LogP contribution in [0.15, 0.2) is 12.1 Å². The Morgan fingerprint density at radius 2 is 2.00 bits per heavy atom. The number of benzene rings is 1. The minimum atomic E-state index is -2.38. The maximum Gasteiger partial charge on any atom is 0.259 e. The number of nitrogens with one attached hydrogen (secondary N) is 1. The Labute approximate surface area is 81.6 Å². The molecule has 0 amide bonds. The Morgan fingerprint density at radius 1 is 1.36 bits per heavy atom. The normalized spacial score (nSPS) is 12.1. The Balaban J connectivity index is 3.19. The van der Waals surface area contributed by atoms with E-state index in [2.05, 4.69) is 0 Å². The molecular formula is C7H7NO5S. The highest BCUT2D eigenvalue weighted by Crippen LogP contribution is 2.34. The second-order valence-electron chi connectivity index (χ2n) is 2.41. The SMILES string of the molecule is O=Cc1cc(O)c(O)c(NS(=O)O)c1. The molecule has 0 aliphatic carbocycles. The minimum Gasteiger partial charge on any atom is -0.504 e. The summed E-state index contributed by atoms with van der Waals surface area (Å²) in [7, 11) is 0. The smallest absolute Gasteiger partial charge is 0.259 e. The van der Waals surface area contributed by atoms with Gasteiger partial charge in [0, 0.05) is 5.56 Å². The fourth-order valence-corrected chi connectivity index (χ4v) is 1.22. The lowest BCUT2D eigenvalue weighted by Crippen LogP contribution is -2.02. The third-order valence-electron chi connectivity index (χ3n) is 1.45. The summed E-state index contributed by atoms with van der Waals surface area (Å²) in [6.45, 7) is 0. The van der Waals surface area contributed by atoms with Crippen molar-refractivity contribution in [1.82, 2.24) is 0 Å². The fourth-order valence-electron chi connectivity index (χ4n) is 0.881. The van der Waals surface area contributed by atoms with Crippen LogP contribution < -0.4 is 4.72 Å². The molecule has 76 valence electrons. The maximum atomic E-state index is 10.4. The molecule has 4 N–H and O–H groups in total. The predicted molar refractivity (Wildman–Crippen MR) is 49.6 cm³/mol. The van der Waals surface area contributed by atoms with E-state index in [9.17, 15) is 14.1 Å². The maximum absolute atomic E-state index is 10.4. The van der Waals surface area contributed by atoms with Crippen LogP contribution in [-0.2, 0) is 11.3 Å². The summed E-state index contributed by atoms with van der Waals surface area (Å²) in [5.41, 5.74) is -0.110. The molecule has 0 spiro atoms. The third kappa shape index (κ3) is 2.21. The number of rotatable bonds is 3. The Morgan fingerprint density at radius 3 is 2.50 bits per heavy atom. The summed E-state index contributed by atoms with van der Waals surface area (Å²) >= 11 is -2.38. The molecule has 1 aromatic rings. The zero-order chi connectivity index (χ0) is 10.7. The summed E-state index contributed by atoms with van der Waals surface area (Å²) < 4.78 is 20.8. The highest BCUT2D eigenvalue weighted by molar-refractivity contribution is 7.80. The molecule has 0 saturated heterocycles. The molecule has 0 saturated carbocycles. The summed E-state index contributed by atoms with van der Waals surface area (Å²) in [6, 6.07) is 2.17. The number of carbonyl (C=O) groups excluding carboxylic acids is 1. The number of phenolic OH excluding ortho intramolecular Hbond substituents is 2. The number of carbonyl (C=O) groups is 1. The first-order valence-electron chi connectivity index (χ1n) is 3.43. The topological polar surface area (TPSA) is 107 Å². The van der Waals surface area contributed by atoms with Crippen LogP contribution in [0.2, 0.25) is 0 Å². The van der Waals surface area contributed by atoms with Crippen LogP contribution >= 0.6 is 0 Å². The van der Waals surface area contributed by atoms with Gasteiger partial charge in [-0.25, -0.2) is 4.21 Å². The van der Waals surface area contributed by atoms with Crippen molar-refractivity contribution in [3.63, 3.8) is 0 Å². The third-order valence-corrected chi connectivity index (χ3v) is 1.84. The lowest BCUT2D eigenvalue weighted by molar-refractivity contribution is 0.112. The van der Waals surface area contributed by atoms with Crippen molar-refractivity contribution in [3.8, 4) is 11.5 Å². The summed E-state index contributed by atoms with van der Waals surface area (Å²) in [6.07, 6.45) is 0.435. The van der Waals surface area contributed by atoms with Gasteiger partial charge in [-0.05, 0) is 12.1 Å². The Bertz CT molecular complexity index is 392. The number of hydrogen-bond donors (Lipinski definition) is 4. The van der Waals surface area contributed by atoms with E-state index in [1.54, 1.807) is 0 Å². The summed E-state index contributed by atoms with van der Waals surface area (Å²) in [4.78, 5) is 10.3. The molecular weight excluding hydrogens is 210 g/mol. The van der Waals surface area contributed by atoms with Crippen molar-refractivity contribution in [2.75, 3.05) is 4.72 Å². The molecule has 7 heteroatoms. The standard InChI is InChI=1S/C7H7NO5S/c9-3-4-1-5(8-14(12)13)7(11)6(10)2-4/h1-3,8,10-11H,(H,12,13). The van der Waals surface area contributed by atoms with Gasteiger partial charge in [-0.15, -0.1) is 0 Å². The van der Waals surface area contributed by atoms with E-state index in [1.165, 1.54) is 0 Å². The molecule has 14 heavy (non-hydrogen) atoms. The van der Waals surface area contributed by atoms with Crippen LogP contribution in [0.1, 0.15) is 10.4 Å². The van der Waals surface area contributed by atoms with Gasteiger partial charge in [0.05, 0.1) is 5.69 Å². The first-order chi connectivity index (χ1) is 6.54. The van der Waals surface area contributed by atoms with Crippen molar-refractivity contribution in [2.45, 2.75) is 0 Å². The Kier molecular flexibility index (Phi) is 3.05. The highest BCUT2D eigenvalue weighted by atomic mass is 32.2. The number of aldehydes is 1. The second kappa shape index (κ2) is 4.07. The van der Waals surface area contributed by atoms with Crippen LogP contribution in [0.3, 0.4) is 0 Å².